The topological polar surface area (TPSA) is 114 Å². The molecule has 180 valence electrons. The molecule has 9 nitrogen and oxygen atoms in total. The van der Waals surface area contributed by atoms with Crippen LogP contribution in [0.5, 0.6) is 0 Å². The molecular formula is C24H36N6O3. The van der Waals surface area contributed by atoms with E-state index in [-0.39, 0.29) is 36.5 Å². The van der Waals surface area contributed by atoms with Crippen LogP contribution < -0.4 is 10.6 Å². The molecule has 2 heterocycles. The van der Waals surface area contributed by atoms with Crippen LogP contribution in [-0.4, -0.2) is 44.1 Å². The third-order valence-corrected chi connectivity index (χ3v) is 6.75. The molecule has 2 saturated carbocycles. The van der Waals surface area contributed by atoms with Crippen molar-refractivity contribution >= 4 is 17.8 Å². The Morgan fingerprint density at radius 1 is 1.21 bits per heavy atom. The molecule has 2 atom stereocenters. The van der Waals surface area contributed by atoms with E-state index in [9.17, 15) is 9.59 Å². The first kappa shape index (κ1) is 23.3. The Morgan fingerprint density at radius 3 is 2.76 bits per heavy atom. The molecule has 33 heavy (non-hydrogen) atoms. The second-order valence-electron chi connectivity index (χ2n) is 10.0. The van der Waals surface area contributed by atoms with Crippen molar-refractivity contribution in [3.05, 3.63) is 29.7 Å². The van der Waals surface area contributed by atoms with Gasteiger partial charge in [-0.15, -0.1) is 0 Å². The summed E-state index contributed by atoms with van der Waals surface area (Å²) in [5, 5.41) is 17.4. The van der Waals surface area contributed by atoms with Crippen LogP contribution in [0.3, 0.4) is 0 Å². The van der Waals surface area contributed by atoms with Crippen molar-refractivity contribution in [2.24, 2.45) is 5.92 Å². The SMILES string of the molecule is CC1CCC(n2cc(CC(=O)Nc3cc([C@H]4CC[C@@H](OC(=O)NC(C)C)C4)[nH]n3)cn2)CC1. The Morgan fingerprint density at radius 2 is 2.00 bits per heavy atom. The first-order chi connectivity index (χ1) is 15.9. The van der Waals surface area contributed by atoms with E-state index in [1.807, 2.05) is 30.8 Å². The Balaban J connectivity index is 1.24. The van der Waals surface area contributed by atoms with Gasteiger partial charge in [-0.05, 0) is 70.3 Å². The minimum atomic E-state index is -0.366. The average molecular weight is 457 g/mol. The molecular weight excluding hydrogens is 420 g/mol. The van der Waals surface area contributed by atoms with E-state index in [0.29, 0.717) is 11.9 Å². The summed E-state index contributed by atoms with van der Waals surface area (Å²) in [6.07, 6.45) is 10.9. The summed E-state index contributed by atoms with van der Waals surface area (Å²) in [6.45, 7) is 6.12. The standard InChI is InChI=1S/C24H36N6O3/c1-15(2)26-24(32)33-20-9-6-18(11-20)21-12-22(29-28-21)27-23(31)10-17-13-25-30(14-17)19-7-4-16(3)5-8-19/h12-16,18-20H,4-11H2,1-3H3,(H,26,32)(H2,27,28,29,31)/t16?,18-,19?,20+/m0/s1. The normalized spacial score (nSPS) is 25.2. The van der Waals surface area contributed by atoms with E-state index in [0.717, 1.165) is 49.3 Å². The fourth-order valence-electron chi connectivity index (χ4n) is 4.91. The third kappa shape index (κ3) is 6.36. The molecule has 2 aliphatic carbocycles. The number of alkyl carbamates (subject to hydrolysis) is 1. The van der Waals surface area contributed by atoms with E-state index in [1.54, 1.807) is 6.20 Å². The van der Waals surface area contributed by atoms with Crippen LogP contribution in [0.1, 0.15) is 88.9 Å². The van der Waals surface area contributed by atoms with Gasteiger partial charge >= 0.3 is 6.09 Å². The van der Waals surface area contributed by atoms with Crippen molar-refractivity contribution in [2.75, 3.05) is 5.32 Å². The molecule has 2 aromatic heterocycles. The molecule has 9 heteroatoms. The highest BCUT2D eigenvalue weighted by Gasteiger charge is 2.30. The van der Waals surface area contributed by atoms with Crippen molar-refractivity contribution < 1.29 is 14.3 Å². The van der Waals surface area contributed by atoms with Crippen LogP contribution in [0.2, 0.25) is 0 Å². The number of hydrogen-bond acceptors (Lipinski definition) is 5. The quantitative estimate of drug-likeness (QED) is 0.574. The van der Waals surface area contributed by atoms with E-state index in [1.165, 1.54) is 12.8 Å². The molecule has 0 saturated heterocycles. The number of rotatable bonds is 7. The molecule has 2 aromatic rings. The third-order valence-electron chi connectivity index (χ3n) is 6.75. The Kier molecular flexibility index (Phi) is 7.35. The number of carbonyl (C=O) groups is 2. The number of nitrogens with zero attached hydrogens (tertiary/aromatic N) is 3. The van der Waals surface area contributed by atoms with Gasteiger partial charge < -0.3 is 15.4 Å². The minimum Gasteiger partial charge on any atom is -0.446 e. The maximum absolute atomic E-state index is 12.5. The van der Waals surface area contributed by atoms with Crippen molar-refractivity contribution in [1.29, 1.82) is 0 Å². The van der Waals surface area contributed by atoms with Crippen LogP contribution in [0, 0.1) is 5.92 Å². The summed E-state index contributed by atoms with van der Waals surface area (Å²) >= 11 is 0. The van der Waals surface area contributed by atoms with Gasteiger partial charge in [-0.3, -0.25) is 14.6 Å². The van der Waals surface area contributed by atoms with Gasteiger partial charge in [0.05, 0.1) is 18.7 Å². The fraction of sp³-hybridized carbons (Fsp3) is 0.667. The van der Waals surface area contributed by atoms with E-state index >= 15 is 0 Å². The average Bonchev–Trinajstić information content (AvgIpc) is 3.49. The summed E-state index contributed by atoms with van der Waals surface area (Å²) in [7, 11) is 0. The van der Waals surface area contributed by atoms with Crippen LogP contribution >= 0.6 is 0 Å². The van der Waals surface area contributed by atoms with Gasteiger partial charge in [0.2, 0.25) is 5.91 Å². The number of H-pyrrole nitrogens is 1. The molecule has 0 aliphatic heterocycles. The monoisotopic (exact) mass is 456 g/mol. The van der Waals surface area contributed by atoms with Gasteiger partial charge in [0, 0.05) is 29.9 Å². The number of anilines is 1. The number of ether oxygens (including phenoxy) is 1. The zero-order valence-corrected chi connectivity index (χ0v) is 19.8. The van der Waals surface area contributed by atoms with Gasteiger partial charge in [0.25, 0.3) is 0 Å². The van der Waals surface area contributed by atoms with E-state index in [2.05, 4.69) is 32.9 Å². The Hall–Kier alpha value is -2.84. The largest absolute Gasteiger partial charge is 0.446 e. The second kappa shape index (κ2) is 10.4. The molecule has 2 amide bonds. The predicted molar refractivity (Wildman–Crippen MR) is 125 cm³/mol. The fourth-order valence-corrected chi connectivity index (χ4v) is 4.91. The highest BCUT2D eigenvalue weighted by Crippen LogP contribution is 2.36. The van der Waals surface area contributed by atoms with Gasteiger partial charge in [-0.25, -0.2) is 4.79 Å². The first-order valence-electron chi connectivity index (χ1n) is 12.2. The minimum absolute atomic E-state index is 0.0545. The van der Waals surface area contributed by atoms with Crippen LogP contribution in [0.4, 0.5) is 10.6 Å². The predicted octanol–water partition coefficient (Wildman–Crippen LogP) is 4.31. The zero-order valence-electron chi connectivity index (χ0n) is 19.8. The molecule has 0 unspecified atom stereocenters. The summed E-state index contributed by atoms with van der Waals surface area (Å²) in [5.74, 6) is 1.44. The van der Waals surface area contributed by atoms with Crippen molar-refractivity contribution in [1.82, 2.24) is 25.3 Å². The number of aromatic amines is 1. The zero-order chi connectivity index (χ0) is 23.4. The number of carbonyl (C=O) groups excluding carboxylic acids is 2. The maximum atomic E-state index is 12.5. The molecule has 0 spiro atoms. The van der Waals surface area contributed by atoms with Crippen LogP contribution in [0.25, 0.3) is 0 Å². The van der Waals surface area contributed by atoms with E-state index < -0.39 is 0 Å². The van der Waals surface area contributed by atoms with Gasteiger partial charge in [0.15, 0.2) is 5.82 Å². The Labute approximate surface area is 195 Å². The summed E-state index contributed by atoms with van der Waals surface area (Å²) < 4.78 is 7.53. The second-order valence-corrected chi connectivity index (χ2v) is 10.0. The van der Waals surface area contributed by atoms with Crippen molar-refractivity contribution in [3.63, 3.8) is 0 Å². The molecule has 2 fully saturated rings. The first-order valence-corrected chi connectivity index (χ1v) is 12.2. The lowest BCUT2D eigenvalue weighted by Crippen LogP contribution is -2.33. The molecule has 4 rings (SSSR count). The summed E-state index contributed by atoms with van der Waals surface area (Å²) in [5.41, 5.74) is 1.87. The van der Waals surface area contributed by atoms with Crippen LogP contribution in [0.15, 0.2) is 18.5 Å². The number of amides is 2. The molecule has 0 bridgehead atoms. The molecule has 0 aromatic carbocycles. The number of aromatic nitrogens is 4. The maximum Gasteiger partial charge on any atom is 0.407 e. The van der Waals surface area contributed by atoms with Crippen molar-refractivity contribution in [2.45, 2.75) is 96.2 Å². The lowest BCUT2D eigenvalue weighted by molar-refractivity contribution is -0.115. The Bertz CT molecular complexity index is 944. The molecule has 3 N–H and O–H groups in total. The lowest BCUT2D eigenvalue weighted by atomic mass is 9.87. The summed E-state index contributed by atoms with van der Waals surface area (Å²) in [4.78, 5) is 24.4. The highest BCUT2D eigenvalue weighted by atomic mass is 16.6. The van der Waals surface area contributed by atoms with Gasteiger partial charge in [-0.2, -0.15) is 10.2 Å². The van der Waals surface area contributed by atoms with Gasteiger partial charge in [0.1, 0.15) is 6.10 Å². The molecule has 2 aliphatic rings. The summed E-state index contributed by atoms with van der Waals surface area (Å²) in [6, 6.07) is 2.38. The van der Waals surface area contributed by atoms with E-state index in [4.69, 9.17) is 4.74 Å². The van der Waals surface area contributed by atoms with Crippen LogP contribution in [-0.2, 0) is 16.0 Å². The highest BCUT2D eigenvalue weighted by molar-refractivity contribution is 5.91. The van der Waals surface area contributed by atoms with Crippen molar-refractivity contribution in [3.8, 4) is 0 Å². The number of hydrogen-bond donors (Lipinski definition) is 3. The molecule has 0 radical (unpaired) electrons. The lowest BCUT2D eigenvalue weighted by Gasteiger charge is -2.26. The number of nitrogens with one attached hydrogen (secondary N) is 3. The smallest absolute Gasteiger partial charge is 0.407 e. The van der Waals surface area contributed by atoms with Gasteiger partial charge in [-0.1, -0.05) is 6.92 Å².